The van der Waals surface area contributed by atoms with Crippen molar-refractivity contribution in [3.63, 3.8) is 0 Å². The van der Waals surface area contributed by atoms with Crippen LogP contribution in [0, 0.1) is 5.41 Å². The normalized spacial score (nSPS) is 17.6. The molecule has 2 aromatic carbocycles. The number of benzene rings is 2. The molecule has 0 radical (unpaired) electrons. The lowest BCUT2D eigenvalue weighted by atomic mass is 9.82. The van der Waals surface area contributed by atoms with Gasteiger partial charge in [0.05, 0.1) is 17.2 Å². The number of halogens is 3. The highest BCUT2D eigenvalue weighted by atomic mass is 19.4. The Hall–Kier alpha value is -3.29. The Bertz CT molecular complexity index is 1050. The van der Waals surface area contributed by atoms with Gasteiger partial charge in [-0.05, 0) is 35.9 Å². The van der Waals surface area contributed by atoms with E-state index in [9.17, 15) is 33.0 Å². The highest BCUT2D eigenvalue weighted by Crippen LogP contribution is 2.44. The lowest BCUT2D eigenvalue weighted by molar-refractivity contribution is -0.137. The Morgan fingerprint density at radius 2 is 1.63 bits per heavy atom. The molecular weight excluding hydrogens is 399 g/mol. The number of aliphatic hydroxyl groups is 1. The van der Waals surface area contributed by atoms with Gasteiger partial charge < -0.3 is 10.2 Å². The molecule has 30 heavy (non-hydrogen) atoms. The second-order valence-corrected chi connectivity index (χ2v) is 8.06. The van der Waals surface area contributed by atoms with Crippen molar-refractivity contribution >= 4 is 17.4 Å². The summed E-state index contributed by atoms with van der Waals surface area (Å²) in [5.74, 6) is -2.50. The first-order valence-corrected chi connectivity index (χ1v) is 9.10. The van der Waals surface area contributed by atoms with Crippen LogP contribution in [0.4, 0.5) is 18.9 Å². The molecule has 1 unspecified atom stereocenters. The van der Waals surface area contributed by atoms with Crippen molar-refractivity contribution in [1.82, 2.24) is 0 Å². The van der Waals surface area contributed by atoms with Crippen LogP contribution in [0.25, 0.3) is 0 Å². The molecule has 158 valence electrons. The van der Waals surface area contributed by atoms with Gasteiger partial charge in [-0.15, -0.1) is 0 Å². The summed E-state index contributed by atoms with van der Waals surface area (Å²) in [6.45, 7) is 4.81. The zero-order chi connectivity index (χ0) is 22.4. The number of aromatic hydroxyl groups is 1. The Kier molecular flexibility index (Phi) is 5.14. The minimum atomic E-state index is -4.64. The Morgan fingerprint density at radius 3 is 2.20 bits per heavy atom. The summed E-state index contributed by atoms with van der Waals surface area (Å²) < 4.78 is 39.6. The summed E-state index contributed by atoms with van der Waals surface area (Å²) >= 11 is 0. The van der Waals surface area contributed by atoms with Crippen molar-refractivity contribution in [1.29, 1.82) is 0 Å². The fourth-order valence-corrected chi connectivity index (χ4v) is 3.35. The number of ketones is 1. The predicted molar refractivity (Wildman–Crippen MR) is 104 cm³/mol. The molecular formula is C22H20F3NO4. The van der Waals surface area contributed by atoms with Gasteiger partial charge in [-0.25, -0.2) is 0 Å². The lowest BCUT2D eigenvalue weighted by Crippen LogP contribution is -2.33. The van der Waals surface area contributed by atoms with E-state index in [2.05, 4.69) is 0 Å². The zero-order valence-electron chi connectivity index (χ0n) is 16.5. The molecule has 0 aromatic heterocycles. The molecule has 1 amide bonds. The number of phenols is 1. The molecule has 2 aromatic rings. The van der Waals surface area contributed by atoms with Crippen molar-refractivity contribution in [2.45, 2.75) is 33.0 Å². The zero-order valence-corrected chi connectivity index (χ0v) is 16.5. The van der Waals surface area contributed by atoms with Crippen molar-refractivity contribution < 1.29 is 33.0 Å². The maximum Gasteiger partial charge on any atom is 0.416 e. The van der Waals surface area contributed by atoms with Gasteiger partial charge in [-0.3, -0.25) is 14.5 Å². The first-order valence-electron chi connectivity index (χ1n) is 9.10. The van der Waals surface area contributed by atoms with Crippen LogP contribution in [0.5, 0.6) is 5.75 Å². The Labute approximate surface area is 171 Å². The van der Waals surface area contributed by atoms with Crippen molar-refractivity contribution in [3.8, 4) is 5.75 Å². The first-order chi connectivity index (χ1) is 13.8. The quantitative estimate of drug-likeness (QED) is 0.740. The minimum Gasteiger partial charge on any atom is -0.508 e. The van der Waals surface area contributed by atoms with Crippen LogP contribution in [0.1, 0.15) is 37.9 Å². The summed E-state index contributed by atoms with van der Waals surface area (Å²) in [6.07, 6.45) is -4.64. The molecule has 8 heteroatoms. The van der Waals surface area contributed by atoms with E-state index in [-0.39, 0.29) is 22.6 Å². The van der Waals surface area contributed by atoms with Crippen LogP contribution < -0.4 is 4.90 Å². The van der Waals surface area contributed by atoms with Crippen LogP contribution in [0.3, 0.4) is 0 Å². The maximum atomic E-state index is 13.2. The number of anilines is 1. The topological polar surface area (TPSA) is 77.8 Å². The molecule has 0 saturated heterocycles. The molecule has 0 aliphatic carbocycles. The first kappa shape index (κ1) is 21.4. The number of Topliss-reactive ketones (excluding diaryl/α,β-unsaturated/α-hetero) is 1. The number of hydrogen-bond donors (Lipinski definition) is 2. The van der Waals surface area contributed by atoms with Crippen LogP contribution in [0.15, 0.2) is 59.9 Å². The number of phenolic OH excluding ortho intramolecular Hbond substituents is 1. The monoisotopic (exact) mass is 419 g/mol. The van der Waals surface area contributed by atoms with E-state index in [4.69, 9.17) is 0 Å². The van der Waals surface area contributed by atoms with Gasteiger partial charge in [0.1, 0.15) is 5.75 Å². The third-order valence-corrected chi connectivity index (χ3v) is 4.77. The third-order valence-electron chi connectivity index (χ3n) is 4.77. The molecule has 2 N–H and O–H groups in total. The largest absolute Gasteiger partial charge is 0.508 e. The number of amides is 1. The van der Waals surface area contributed by atoms with Gasteiger partial charge >= 0.3 is 6.18 Å². The highest BCUT2D eigenvalue weighted by Gasteiger charge is 2.47. The molecule has 0 saturated carbocycles. The van der Waals surface area contributed by atoms with Crippen molar-refractivity contribution in [2.24, 2.45) is 5.41 Å². The van der Waals surface area contributed by atoms with Gasteiger partial charge in [-0.1, -0.05) is 39.0 Å². The summed E-state index contributed by atoms with van der Waals surface area (Å²) in [5.41, 5.74) is -2.03. The lowest BCUT2D eigenvalue weighted by Gasteiger charge is -2.29. The number of aliphatic hydroxyl groups excluding tert-OH is 1. The Balaban J connectivity index is 2.23. The average Bonchev–Trinajstić information content (AvgIpc) is 2.91. The number of alkyl halides is 3. The molecule has 5 nitrogen and oxygen atoms in total. The van der Waals surface area contributed by atoms with Gasteiger partial charge in [0.15, 0.2) is 11.5 Å². The van der Waals surface area contributed by atoms with E-state index in [1.165, 1.54) is 30.3 Å². The van der Waals surface area contributed by atoms with E-state index in [1.807, 2.05) is 0 Å². The maximum absolute atomic E-state index is 13.2. The third kappa shape index (κ3) is 3.77. The molecule has 1 aliphatic rings. The number of nitrogens with zero attached hydrogens (tertiary/aromatic N) is 1. The number of carbonyl (C=O) groups is 2. The van der Waals surface area contributed by atoms with Crippen LogP contribution in [0.2, 0.25) is 0 Å². The van der Waals surface area contributed by atoms with Gasteiger partial charge in [0.2, 0.25) is 0 Å². The summed E-state index contributed by atoms with van der Waals surface area (Å²) in [4.78, 5) is 26.9. The summed E-state index contributed by atoms with van der Waals surface area (Å²) in [7, 11) is 0. The van der Waals surface area contributed by atoms with Crippen LogP contribution >= 0.6 is 0 Å². The summed E-state index contributed by atoms with van der Waals surface area (Å²) in [5, 5.41) is 20.4. The van der Waals surface area contributed by atoms with E-state index in [1.54, 1.807) is 20.8 Å². The standard InChI is InChI=1S/C22H20F3NO4/c1-21(2,3)19(29)16-17(12-6-4-9-15(27)10-12)26(20(30)18(16)28)14-8-5-7-13(11-14)22(23,24)25/h4-11,17,27-28H,1-3H3. The van der Waals surface area contributed by atoms with Gasteiger partial charge in [-0.2, -0.15) is 13.2 Å². The van der Waals surface area contributed by atoms with E-state index >= 15 is 0 Å². The van der Waals surface area contributed by atoms with E-state index in [0.717, 1.165) is 23.1 Å². The van der Waals surface area contributed by atoms with Crippen molar-refractivity contribution in [2.75, 3.05) is 4.90 Å². The fourth-order valence-electron chi connectivity index (χ4n) is 3.35. The smallest absolute Gasteiger partial charge is 0.416 e. The van der Waals surface area contributed by atoms with E-state index in [0.29, 0.717) is 0 Å². The van der Waals surface area contributed by atoms with Gasteiger partial charge in [0.25, 0.3) is 5.91 Å². The average molecular weight is 419 g/mol. The second-order valence-electron chi connectivity index (χ2n) is 8.06. The minimum absolute atomic E-state index is 0.133. The van der Waals surface area contributed by atoms with Gasteiger partial charge in [0, 0.05) is 11.1 Å². The van der Waals surface area contributed by atoms with Crippen LogP contribution in [-0.2, 0) is 15.8 Å². The second kappa shape index (κ2) is 7.19. The molecule has 1 atom stereocenters. The molecule has 0 bridgehead atoms. The van der Waals surface area contributed by atoms with Crippen LogP contribution in [-0.4, -0.2) is 21.9 Å². The SMILES string of the molecule is CC(C)(C)C(=O)C1=C(O)C(=O)N(c2cccc(C(F)(F)F)c2)C1c1cccc(O)c1. The highest BCUT2D eigenvalue weighted by molar-refractivity contribution is 6.17. The number of hydrogen-bond acceptors (Lipinski definition) is 4. The van der Waals surface area contributed by atoms with Crippen molar-refractivity contribution in [3.05, 3.63) is 71.0 Å². The fraction of sp³-hybridized carbons (Fsp3) is 0.273. The Morgan fingerprint density at radius 1 is 1.00 bits per heavy atom. The number of carbonyl (C=O) groups excluding carboxylic acids is 2. The molecule has 0 spiro atoms. The molecule has 1 aliphatic heterocycles. The predicted octanol–water partition coefficient (Wildman–Crippen LogP) is 4.93. The van der Waals surface area contributed by atoms with E-state index < -0.39 is 40.6 Å². The summed E-state index contributed by atoms with van der Waals surface area (Å²) in [6, 6.07) is 8.57. The molecule has 1 heterocycles. The molecule has 3 rings (SSSR count). The number of rotatable bonds is 3. The molecule has 0 fully saturated rings.